The van der Waals surface area contributed by atoms with Crippen molar-refractivity contribution >= 4 is 27.5 Å². The Morgan fingerprint density at radius 2 is 2.31 bits per heavy atom. The highest BCUT2D eigenvalue weighted by atomic mass is 79.9. The molecule has 0 radical (unpaired) electrons. The monoisotopic (exact) mass is 295 g/mol. The van der Waals surface area contributed by atoms with Crippen LogP contribution in [-0.4, -0.2) is 9.78 Å². The van der Waals surface area contributed by atoms with E-state index in [9.17, 15) is 0 Å². The summed E-state index contributed by atoms with van der Waals surface area (Å²) < 4.78 is 1.60. The van der Waals surface area contributed by atoms with Crippen LogP contribution in [0, 0.1) is 11.3 Å². The molecule has 0 aliphatic heterocycles. The van der Waals surface area contributed by atoms with Gasteiger partial charge in [0.2, 0.25) is 0 Å². The number of rotatable bonds is 2. The van der Waals surface area contributed by atoms with Crippen LogP contribution in [0.4, 0.5) is 0 Å². The zero-order valence-corrected chi connectivity index (χ0v) is 10.5. The molecular weight excluding hydrogens is 289 g/mol. The molecule has 3 nitrogen and oxygen atoms in total. The van der Waals surface area contributed by atoms with Crippen LogP contribution in [-0.2, 0) is 5.33 Å². The van der Waals surface area contributed by atoms with Gasteiger partial charge >= 0.3 is 0 Å². The molecule has 16 heavy (non-hydrogen) atoms. The van der Waals surface area contributed by atoms with Crippen molar-refractivity contribution in [2.45, 2.75) is 5.33 Å². The Labute approximate surface area is 106 Å². The molecule has 0 saturated heterocycles. The summed E-state index contributed by atoms with van der Waals surface area (Å²) in [7, 11) is 0. The summed E-state index contributed by atoms with van der Waals surface area (Å²) in [6, 6.07) is 7.79. The lowest BCUT2D eigenvalue weighted by Gasteiger charge is -2.05. The fourth-order valence-corrected chi connectivity index (χ4v) is 1.87. The normalized spacial score (nSPS) is 10.1. The maximum Gasteiger partial charge on any atom is 0.101 e. The Balaban J connectivity index is 2.53. The van der Waals surface area contributed by atoms with Gasteiger partial charge in [0.25, 0.3) is 0 Å². The first-order chi connectivity index (χ1) is 7.74. The summed E-state index contributed by atoms with van der Waals surface area (Å²) >= 11 is 9.14. The van der Waals surface area contributed by atoms with Gasteiger partial charge in [-0.15, -0.1) is 0 Å². The Kier molecular flexibility index (Phi) is 3.28. The Bertz CT molecular complexity index is 557. The summed E-state index contributed by atoms with van der Waals surface area (Å²) in [5, 5.41) is 14.4. The predicted molar refractivity (Wildman–Crippen MR) is 65.9 cm³/mol. The van der Waals surface area contributed by atoms with Gasteiger partial charge in [-0.2, -0.15) is 10.4 Å². The molecular formula is C11H7BrClN3. The van der Waals surface area contributed by atoms with E-state index in [0.29, 0.717) is 10.6 Å². The summed E-state index contributed by atoms with van der Waals surface area (Å²) in [4.78, 5) is 0. The second-order valence-corrected chi connectivity index (χ2v) is 4.20. The predicted octanol–water partition coefficient (Wildman–Crippen LogP) is 3.29. The van der Waals surface area contributed by atoms with Crippen LogP contribution in [0.1, 0.15) is 11.1 Å². The third-order valence-corrected chi connectivity index (χ3v) is 2.98. The Morgan fingerprint density at radius 1 is 1.50 bits per heavy atom. The Hall–Kier alpha value is -1.31. The molecule has 0 spiro atoms. The highest BCUT2D eigenvalue weighted by Crippen LogP contribution is 2.18. The number of hydrogen-bond acceptors (Lipinski definition) is 2. The summed E-state index contributed by atoms with van der Waals surface area (Å²) in [5.41, 5.74) is 2.37. The molecule has 2 aromatic rings. The molecule has 0 bridgehead atoms. The molecule has 1 heterocycles. The van der Waals surface area contributed by atoms with Crippen LogP contribution in [0.15, 0.2) is 30.6 Å². The molecule has 0 N–H and O–H groups in total. The SMILES string of the molecule is N#Cc1cc(CBr)ccc1-n1cc(Cl)cn1. The molecule has 2 rings (SSSR count). The molecule has 1 aromatic heterocycles. The minimum atomic E-state index is 0.549. The van der Waals surface area contributed by atoms with E-state index in [1.54, 1.807) is 17.1 Å². The topological polar surface area (TPSA) is 41.6 Å². The number of halogens is 2. The van der Waals surface area contributed by atoms with Gasteiger partial charge in [-0.05, 0) is 17.7 Å². The van der Waals surface area contributed by atoms with Crippen molar-refractivity contribution in [3.63, 3.8) is 0 Å². The molecule has 0 saturated carbocycles. The van der Waals surface area contributed by atoms with Crippen molar-refractivity contribution in [1.29, 1.82) is 5.26 Å². The fraction of sp³-hybridized carbons (Fsp3) is 0.0909. The third kappa shape index (κ3) is 2.11. The number of nitrogens with zero attached hydrogens (tertiary/aromatic N) is 3. The van der Waals surface area contributed by atoms with E-state index in [-0.39, 0.29) is 0 Å². The van der Waals surface area contributed by atoms with E-state index in [1.807, 2.05) is 18.2 Å². The molecule has 0 atom stereocenters. The number of aromatic nitrogens is 2. The molecule has 0 aliphatic carbocycles. The summed E-state index contributed by atoms with van der Waals surface area (Å²) in [6.45, 7) is 0. The number of nitriles is 1. The van der Waals surface area contributed by atoms with Gasteiger partial charge in [0.15, 0.2) is 0 Å². The first-order valence-electron chi connectivity index (χ1n) is 4.54. The summed E-state index contributed by atoms with van der Waals surface area (Å²) in [5.74, 6) is 0. The average molecular weight is 297 g/mol. The van der Waals surface area contributed by atoms with Crippen molar-refractivity contribution < 1.29 is 0 Å². The van der Waals surface area contributed by atoms with Gasteiger partial charge < -0.3 is 0 Å². The van der Waals surface area contributed by atoms with E-state index in [0.717, 1.165) is 16.6 Å². The van der Waals surface area contributed by atoms with E-state index in [2.05, 4.69) is 27.1 Å². The van der Waals surface area contributed by atoms with Crippen LogP contribution in [0.25, 0.3) is 5.69 Å². The average Bonchev–Trinajstić information content (AvgIpc) is 2.74. The van der Waals surface area contributed by atoms with Crippen molar-refractivity contribution in [3.8, 4) is 11.8 Å². The molecule has 0 unspecified atom stereocenters. The largest absolute Gasteiger partial charge is 0.238 e. The maximum atomic E-state index is 9.07. The van der Waals surface area contributed by atoms with E-state index in [4.69, 9.17) is 16.9 Å². The van der Waals surface area contributed by atoms with E-state index < -0.39 is 0 Å². The highest BCUT2D eigenvalue weighted by molar-refractivity contribution is 9.08. The van der Waals surface area contributed by atoms with Gasteiger partial charge in [-0.1, -0.05) is 33.6 Å². The van der Waals surface area contributed by atoms with Crippen molar-refractivity contribution in [3.05, 3.63) is 46.7 Å². The van der Waals surface area contributed by atoms with Crippen LogP contribution < -0.4 is 0 Å². The number of hydrogen-bond donors (Lipinski definition) is 0. The summed E-state index contributed by atoms with van der Waals surface area (Å²) in [6.07, 6.45) is 3.21. The van der Waals surface area contributed by atoms with Crippen LogP contribution in [0.5, 0.6) is 0 Å². The quantitative estimate of drug-likeness (QED) is 0.798. The molecule has 0 fully saturated rings. The Morgan fingerprint density at radius 3 is 2.88 bits per heavy atom. The maximum absolute atomic E-state index is 9.07. The van der Waals surface area contributed by atoms with Gasteiger partial charge in [0.05, 0.1) is 22.5 Å². The second kappa shape index (κ2) is 4.69. The third-order valence-electron chi connectivity index (χ3n) is 2.13. The molecule has 5 heteroatoms. The zero-order chi connectivity index (χ0) is 11.5. The second-order valence-electron chi connectivity index (χ2n) is 3.20. The fourth-order valence-electron chi connectivity index (χ4n) is 1.39. The molecule has 1 aromatic carbocycles. The lowest BCUT2D eigenvalue weighted by Crippen LogP contribution is -1.98. The number of alkyl halides is 1. The van der Waals surface area contributed by atoms with Gasteiger partial charge in [-0.25, -0.2) is 4.68 Å². The smallest absolute Gasteiger partial charge is 0.101 e. The lowest BCUT2D eigenvalue weighted by atomic mass is 10.1. The zero-order valence-electron chi connectivity index (χ0n) is 8.19. The molecule has 80 valence electrons. The minimum Gasteiger partial charge on any atom is -0.238 e. The van der Waals surface area contributed by atoms with Crippen LogP contribution in [0.2, 0.25) is 5.02 Å². The van der Waals surface area contributed by atoms with Gasteiger partial charge in [0, 0.05) is 11.5 Å². The lowest BCUT2D eigenvalue weighted by molar-refractivity contribution is 0.876. The number of benzene rings is 1. The van der Waals surface area contributed by atoms with Gasteiger partial charge in [-0.3, -0.25) is 0 Å². The molecule has 0 aliphatic rings. The first-order valence-corrected chi connectivity index (χ1v) is 6.04. The van der Waals surface area contributed by atoms with Crippen LogP contribution in [0.3, 0.4) is 0 Å². The van der Waals surface area contributed by atoms with Crippen LogP contribution >= 0.6 is 27.5 Å². The van der Waals surface area contributed by atoms with E-state index in [1.165, 1.54) is 0 Å². The van der Waals surface area contributed by atoms with Crippen molar-refractivity contribution in [1.82, 2.24) is 9.78 Å². The minimum absolute atomic E-state index is 0.549. The van der Waals surface area contributed by atoms with Crippen molar-refractivity contribution in [2.24, 2.45) is 0 Å². The highest BCUT2D eigenvalue weighted by Gasteiger charge is 2.06. The van der Waals surface area contributed by atoms with Gasteiger partial charge in [0.1, 0.15) is 6.07 Å². The van der Waals surface area contributed by atoms with Crippen molar-refractivity contribution in [2.75, 3.05) is 0 Å². The molecule has 0 amide bonds. The van der Waals surface area contributed by atoms with E-state index >= 15 is 0 Å². The standard InChI is InChI=1S/C11H7BrClN3/c12-4-8-1-2-11(9(3-8)5-14)16-7-10(13)6-15-16/h1-3,6-7H,4H2. The first kappa shape index (κ1) is 11.2.